The predicted octanol–water partition coefficient (Wildman–Crippen LogP) is -0.481. The van der Waals surface area contributed by atoms with Gasteiger partial charge in [0, 0.05) is 0 Å². The first-order valence-corrected chi connectivity index (χ1v) is 8.17. The molecule has 0 amide bonds. The van der Waals surface area contributed by atoms with E-state index in [4.69, 9.17) is 14.1 Å². The zero-order valence-corrected chi connectivity index (χ0v) is 14.4. The van der Waals surface area contributed by atoms with Crippen LogP contribution in [-0.2, 0) is 31.9 Å². The monoisotopic (exact) mass is 374 g/mol. The standard InChI is InChI=1S/C14H14N8O5/c1-3-25-9(23)5-7-15-17-11-12-18-16-8(6-10(24)26-4-2)22(12)14-13(21(7)11)19-27-20-14/h3-6H2,1-2H3. The van der Waals surface area contributed by atoms with E-state index in [-0.39, 0.29) is 37.3 Å². The molecule has 0 bridgehead atoms. The Labute approximate surface area is 150 Å². The number of carbonyl (C=O) groups excluding carboxylic acids is 2. The second-order valence-electron chi connectivity index (χ2n) is 5.43. The van der Waals surface area contributed by atoms with Gasteiger partial charge in [0.25, 0.3) is 0 Å². The number of ether oxygens (including phenoxy) is 2. The molecule has 0 saturated heterocycles. The van der Waals surface area contributed by atoms with Gasteiger partial charge in [-0.25, -0.2) is 4.63 Å². The summed E-state index contributed by atoms with van der Waals surface area (Å²) in [6, 6.07) is 0. The molecule has 0 aromatic carbocycles. The van der Waals surface area contributed by atoms with Gasteiger partial charge in [0.2, 0.25) is 22.6 Å². The molecule has 13 heteroatoms. The lowest BCUT2D eigenvalue weighted by Crippen LogP contribution is -2.12. The van der Waals surface area contributed by atoms with Crippen LogP contribution in [-0.4, -0.2) is 64.7 Å². The smallest absolute Gasteiger partial charge is 0.313 e. The third-order valence-electron chi connectivity index (χ3n) is 3.75. The van der Waals surface area contributed by atoms with Crippen molar-refractivity contribution in [3.05, 3.63) is 11.6 Å². The summed E-state index contributed by atoms with van der Waals surface area (Å²) in [6.07, 6.45) is -0.228. The molecule has 0 radical (unpaired) electrons. The molecule has 0 aliphatic rings. The third-order valence-corrected chi connectivity index (χ3v) is 3.75. The number of hydrogen-bond donors (Lipinski definition) is 0. The molecule has 0 spiro atoms. The average molecular weight is 374 g/mol. The SMILES string of the molecule is CCOC(=O)Cc1nnc2c3nnc(CC(=O)OCC)n3c3nonc3n12. The van der Waals surface area contributed by atoms with Crippen LogP contribution in [0.1, 0.15) is 25.5 Å². The molecule has 140 valence electrons. The van der Waals surface area contributed by atoms with Gasteiger partial charge in [-0.2, -0.15) is 0 Å². The van der Waals surface area contributed by atoms with Gasteiger partial charge >= 0.3 is 11.9 Å². The van der Waals surface area contributed by atoms with Gasteiger partial charge in [-0.3, -0.25) is 18.4 Å². The summed E-state index contributed by atoms with van der Waals surface area (Å²) < 4.78 is 17.8. The van der Waals surface area contributed by atoms with Crippen molar-refractivity contribution >= 4 is 34.5 Å². The van der Waals surface area contributed by atoms with Crippen molar-refractivity contribution in [1.29, 1.82) is 0 Å². The Kier molecular flexibility index (Phi) is 4.10. The normalized spacial score (nSPS) is 11.5. The van der Waals surface area contributed by atoms with Crippen LogP contribution in [0.2, 0.25) is 0 Å². The van der Waals surface area contributed by atoms with E-state index in [0.717, 1.165) is 0 Å². The molecule has 0 fully saturated rings. The van der Waals surface area contributed by atoms with Crippen molar-refractivity contribution in [1.82, 2.24) is 39.5 Å². The summed E-state index contributed by atoms with van der Waals surface area (Å²) in [6.45, 7) is 3.93. The highest BCUT2D eigenvalue weighted by Gasteiger charge is 2.24. The summed E-state index contributed by atoms with van der Waals surface area (Å²) in [4.78, 5) is 23.7. The zero-order chi connectivity index (χ0) is 19.0. The second kappa shape index (κ2) is 6.59. The maximum Gasteiger partial charge on any atom is 0.313 e. The van der Waals surface area contributed by atoms with Crippen LogP contribution in [0.5, 0.6) is 0 Å². The highest BCUT2D eigenvalue weighted by atomic mass is 16.6. The molecule has 4 heterocycles. The van der Waals surface area contributed by atoms with E-state index in [1.54, 1.807) is 13.8 Å². The Morgan fingerprint density at radius 2 is 1.22 bits per heavy atom. The van der Waals surface area contributed by atoms with E-state index < -0.39 is 11.9 Å². The van der Waals surface area contributed by atoms with E-state index >= 15 is 0 Å². The van der Waals surface area contributed by atoms with E-state index in [9.17, 15) is 9.59 Å². The number of esters is 2. The number of fused-ring (bicyclic) bond motifs is 6. The lowest BCUT2D eigenvalue weighted by molar-refractivity contribution is -0.143. The molecular formula is C14H14N8O5. The topological polar surface area (TPSA) is 152 Å². The molecular weight excluding hydrogens is 360 g/mol. The van der Waals surface area contributed by atoms with Crippen LogP contribution >= 0.6 is 0 Å². The summed E-state index contributed by atoms with van der Waals surface area (Å²) in [5.74, 6) is -0.329. The quantitative estimate of drug-likeness (QED) is 0.402. The summed E-state index contributed by atoms with van der Waals surface area (Å²) in [5.41, 5.74) is 1.10. The number of rotatable bonds is 6. The van der Waals surface area contributed by atoms with Gasteiger partial charge in [0.1, 0.15) is 12.8 Å². The van der Waals surface area contributed by atoms with Gasteiger partial charge in [-0.15, -0.1) is 20.4 Å². The highest BCUT2D eigenvalue weighted by Crippen LogP contribution is 2.21. The largest absolute Gasteiger partial charge is 0.466 e. The minimum atomic E-state index is -0.458. The van der Waals surface area contributed by atoms with Crippen LogP contribution in [0, 0.1) is 0 Å². The minimum Gasteiger partial charge on any atom is -0.466 e. The molecule has 4 aromatic rings. The second-order valence-corrected chi connectivity index (χ2v) is 5.43. The van der Waals surface area contributed by atoms with E-state index in [1.165, 1.54) is 8.80 Å². The summed E-state index contributed by atoms with van der Waals surface area (Å²) in [7, 11) is 0. The van der Waals surface area contributed by atoms with Crippen molar-refractivity contribution in [2.45, 2.75) is 26.7 Å². The Morgan fingerprint density at radius 1 is 0.778 bits per heavy atom. The van der Waals surface area contributed by atoms with Crippen molar-refractivity contribution in [2.24, 2.45) is 0 Å². The number of nitrogens with zero attached hydrogens (tertiary/aromatic N) is 8. The predicted molar refractivity (Wildman–Crippen MR) is 85.6 cm³/mol. The van der Waals surface area contributed by atoms with Gasteiger partial charge < -0.3 is 9.47 Å². The fourth-order valence-electron chi connectivity index (χ4n) is 2.74. The Morgan fingerprint density at radius 3 is 1.63 bits per heavy atom. The molecule has 4 rings (SSSR count). The molecule has 0 N–H and O–H groups in total. The molecule has 27 heavy (non-hydrogen) atoms. The van der Waals surface area contributed by atoms with Crippen molar-refractivity contribution in [2.75, 3.05) is 13.2 Å². The van der Waals surface area contributed by atoms with Crippen LogP contribution in [0.15, 0.2) is 4.63 Å². The third kappa shape index (κ3) is 2.72. The maximum atomic E-state index is 11.8. The first-order valence-electron chi connectivity index (χ1n) is 8.17. The van der Waals surface area contributed by atoms with Crippen molar-refractivity contribution in [3.63, 3.8) is 0 Å². The van der Waals surface area contributed by atoms with E-state index in [1.807, 2.05) is 0 Å². The maximum absolute atomic E-state index is 11.8. The molecule has 4 aromatic heterocycles. The molecule has 0 atom stereocenters. The number of hydrogen-bond acceptors (Lipinski definition) is 11. The van der Waals surface area contributed by atoms with E-state index in [0.29, 0.717) is 22.9 Å². The lowest BCUT2D eigenvalue weighted by Gasteiger charge is -2.03. The highest BCUT2D eigenvalue weighted by molar-refractivity contribution is 5.82. The van der Waals surface area contributed by atoms with Gasteiger partial charge in [-0.1, -0.05) is 0 Å². The molecule has 0 unspecified atom stereocenters. The van der Waals surface area contributed by atoms with Crippen LogP contribution < -0.4 is 0 Å². The zero-order valence-electron chi connectivity index (χ0n) is 14.4. The molecule has 0 aliphatic carbocycles. The minimum absolute atomic E-state index is 0.114. The van der Waals surface area contributed by atoms with Crippen LogP contribution in [0.25, 0.3) is 22.6 Å². The lowest BCUT2D eigenvalue weighted by atomic mass is 10.4. The molecule has 13 nitrogen and oxygen atoms in total. The first kappa shape index (κ1) is 16.8. The molecule has 0 aliphatic heterocycles. The fraction of sp³-hybridized carbons (Fsp3) is 0.429. The van der Waals surface area contributed by atoms with Crippen LogP contribution in [0.3, 0.4) is 0 Å². The first-order chi connectivity index (χ1) is 13.1. The van der Waals surface area contributed by atoms with Gasteiger partial charge in [-0.05, 0) is 24.2 Å². The Bertz CT molecular complexity index is 1050. The van der Waals surface area contributed by atoms with Crippen LogP contribution in [0.4, 0.5) is 0 Å². The summed E-state index contributed by atoms with van der Waals surface area (Å²) in [5, 5.41) is 23.9. The average Bonchev–Trinajstić information content (AvgIpc) is 3.33. The van der Waals surface area contributed by atoms with Crippen molar-refractivity contribution < 1.29 is 23.7 Å². The van der Waals surface area contributed by atoms with Gasteiger partial charge in [0.05, 0.1) is 13.2 Å². The number of carbonyl (C=O) groups is 2. The van der Waals surface area contributed by atoms with Crippen molar-refractivity contribution in [3.8, 4) is 0 Å². The fourth-order valence-corrected chi connectivity index (χ4v) is 2.74. The summed E-state index contributed by atoms with van der Waals surface area (Å²) >= 11 is 0. The Balaban J connectivity index is 1.89. The van der Waals surface area contributed by atoms with Gasteiger partial charge in [0.15, 0.2) is 11.6 Å². The van der Waals surface area contributed by atoms with E-state index in [2.05, 4.69) is 30.7 Å². The Hall–Kier alpha value is -3.64. The number of aromatic nitrogens is 8. The molecule has 0 saturated carbocycles.